The van der Waals surface area contributed by atoms with Gasteiger partial charge in [0.15, 0.2) is 0 Å². The van der Waals surface area contributed by atoms with Crippen molar-refractivity contribution in [3.63, 3.8) is 0 Å². The first-order chi connectivity index (χ1) is 7.66. The molecule has 1 fully saturated rings. The van der Waals surface area contributed by atoms with Crippen LogP contribution in [0.1, 0.15) is 42.4 Å². The molecule has 0 radical (unpaired) electrons. The molecule has 0 aliphatic heterocycles. The van der Waals surface area contributed by atoms with E-state index in [0.717, 1.165) is 17.8 Å². The van der Waals surface area contributed by atoms with Gasteiger partial charge in [-0.25, -0.2) is 0 Å². The fraction of sp³-hybridized carbons (Fsp3) is 0.700. The van der Waals surface area contributed by atoms with Crippen molar-refractivity contribution in [1.29, 1.82) is 0 Å². The Balaban J connectivity index is 1.96. The predicted octanol–water partition coefficient (Wildman–Crippen LogP) is 2.50. The third-order valence-corrected chi connectivity index (χ3v) is 4.04. The molecule has 1 aliphatic rings. The van der Waals surface area contributed by atoms with E-state index in [1.807, 2.05) is 0 Å². The number of nitrogens with one attached hydrogen (secondary N) is 1. The van der Waals surface area contributed by atoms with Crippen molar-refractivity contribution >= 4 is 28.8 Å². The highest BCUT2D eigenvalue weighted by Gasteiger charge is 2.24. The van der Waals surface area contributed by atoms with Gasteiger partial charge in [0.25, 0.3) is 5.91 Å². The van der Waals surface area contributed by atoms with Crippen LogP contribution in [0.5, 0.6) is 0 Å². The fourth-order valence-corrected chi connectivity index (χ4v) is 2.79. The number of carbonyl (C=O) groups is 1. The number of aromatic nitrogens is 2. The highest BCUT2D eigenvalue weighted by molar-refractivity contribution is 7.17. The Kier molecular flexibility index (Phi) is 3.76. The summed E-state index contributed by atoms with van der Waals surface area (Å²) >= 11 is 6.76. The van der Waals surface area contributed by atoms with E-state index in [2.05, 4.69) is 22.4 Å². The van der Waals surface area contributed by atoms with Crippen LogP contribution in [0.4, 0.5) is 0 Å². The molecule has 0 saturated heterocycles. The minimum atomic E-state index is -0.150. The highest BCUT2D eigenvalue weighted by Crippen LogP contribution is 2.24. The van der Waals surface area contributed by atoms with Gasteiger partial charge < -0.3 is 5.32 Å². The van der Waals surface area contributed by atoms with Crippen molar-refractivity contribution in [3.8, 4) is 0 Å². The number of nitrogens with zero attached hydrogens (tertiary/aromatic N) is 2. The van der Waals surface area contributed by atoms with Crippen LogP contribution >= 0.6 is 22.9 Å². The molecular formula is C10H14ClN3OS. The van der Waals surface area contributed by atoms with Gasteiger partial charge in [0, 0.05) is 6.04 Å². The third kappa shape index (κ3) is 2.71. The minimum absolute atomic E-state index is 0.150. The fourth-order valence-electron chi connectivity index (χ4n) is 2.06. The molecule has 0 spiro atoms. The molecule has 4 nitrogen and oxygen atoms in total. The lowest BCUT2D eigenvalue weighted by atomic mass is 9.86. The van der Waals surface area contributed by atoms with Crippen LogP contribution < -0.4 is 5.32 Å². The predicted molar refractivity (Wildman–Crippen MR) is 63.8 cm³/mol. The highest BCUT2D eigenvalue weighted by atomic mass is 35.5. The maximum absolute atomic E-state index is 11.8. The lowest BCUT2D eigenvalue weighted by Gasteiger charge is -2.29. The van der Waals surface area contributed by atoms with E-state index < -0.39 is 0 Å². The normalized spacial score (nSPS) is 25.4. The van der Waals surface area contributed by atoms with Crippen LogP contribution in [0.25, 0.3) is 0 Å². The van der Waals surface area contributed by atoms with Gasteiger partial charge in [-0.05, 0) is 30.4 Å². The van der Waals surface area contributed by atoms with Gasteiger partial charge in [0.2, 0.25) is 9.47 Å². The second-order valence-electron chi connectivity index (χ2n) is 4.20. The molecule has 2 unspecified atom stereocenters. The molecule has 1 aromatic rings. The average molecular weight is 260 g/mol. The van der Waals surface area contributed by atoms with Crippen LogP contribution in [0.3, 0.4) is 0 Å². The summed E-state index contributed by atoms with van der Waals surface area (Å²) in [6.45, 7) is 2.18. The summed E-state index contributed by atoms with van der Waals surface area (Å²) in [6.07, 6.45) is 4.69. The zero-order valence-electron chi connectivity index (χ0n) is 9.07. The van der Waals surface area contributed by atoms with Crippen molar-refractivity contribution in [1.82, 2.24) is 15.5 Å². The van der Waals surface area contributed by atoms with Crippen molar-refractivity contribution in [2.24, 2.45) is 5.92 Å². The van der Waals surface area contributed by atoms with E-state index in [1.165, 1.54) is 19.3 Å². The van der Waals surface area contributed by atoms with E-state index in [-0.39, 0.29) is 11.9 Å². The summed E-state index contributed by atoms with van der Waals surface area (Å²) in [4.78, 5) is 11.8. The Hall–Kier alpha value is -0.680. The van der Waals surface area contributed by atoms with Crippen molar-refractivity contribution in [2.45, 2.75) is 38.6 Å². The molecule has 6 heteroatoms. The smallest absolute Gasteiger partial charge is 0.282 e. The van der Waals surface area contributed by atoms with Gasteiger partial charge in [-0.2, -0.15) is 0 Å². The quantitative estimate of drug-likeness (QED) is 0.888. The zero-order valence-corrected chi connectivity index (χ0v) is 10.6. The number of hydrogen-bond donors (Lipinski definition) is 1. The Labute approximate surface area is 103 Å². The van der Waals surface area contributed by atoms with Gasteiger partial charge in [-0.1, -0.05) is 31.1 Å². The van der Waals surface area contributed by atoms with E-state index >= 15 is 0 Å². The van der Waals surface area contributed by atoms with Gasteiger partial charge in [-0.3, -0.25) is 4.79 Å². The maximum atomic E-state index is 11.8. The number of amides is 1. The lowest BCUT2D eigenvalue weighted by Crippen LogP contribution is -2.41. The van der Waals surface area contributed by atoms with Gasteiger partial charge in [0.05, 0.1) is 0 Å². The van der Waals surface area contributed by atoms with Crippen LogP contribution in [0.2, 0.25) is 4.47 Å². The molecular weight excluding hydrogens is 246 g/mol. The summed E-state index contributed by atoms with van der Waals surface area (Å²) in [6, 6.07) is 0.268. The van der Waals surface area contributed by atoms with Gasteiger partial charge in [-0.15, -0.1) is 10.2 Å². The van der Waals surface area contributed by atoms with Crippen LogP contribution in [0, 0.1) is 5.92 Å². The minimum Gasteiger partial charge on any atom is -0.347 e. The molecule has 2 rings (SSSR count). The molecule has 0 bridgehead atoms. The number of hydrogen-bond acceptors (Lipinski definition) is 4. The molecule has 1 saturated carbocycles. The SMILES string of the molecule is CC1CCCCC1NC(=O)c1nnc(Cl)s1. The Morgan fingerprint density at radius 2 is 2.19 bits per heavy atom. The van der Waals surface area contributed by atoms with E-state index in [0.29, 0.717) is 15.4 Å². The second kappa shape index (κ2) is 5.10. The number of rotatable bonds is 2. The molecule has 2 atom stereocenters. The van der Waals surface area contributed by atoms with E-state index in [1.54, 1.807) is 0 Å². The van der Waals surface area contributed by atoms with Crippen LogP contribution in [0.15, 0.2) is 0 Å². The number of halogens is 1. The summed E-state index contributed by atoms with van der Waals surface area (Å²) in [5, 5.41) is 10.7. The lowest BCUT2D eigenvalue weighted by molar-refractivity contribution is 0.0909. The second-order valence-corrected chi connectivity index (χ2v) is 5.76. The van der Waals surface area contributed by atoms with Crippen molar-refractivity contribution < 1.29 is 4.79 Å². The Morgan fingerprint density at radius 3 is 2.81 bits per heavy atom. The molecule has 1 heterocycles. The molecule has 1 N–H and O–H groups in total. The van der Waals surface area contributed by atoms with Crippen LogP contribution in [-0.2, 0) is 0 Å². The standard InChI is InChI=1S/C10H14ClN3OS/c1-6-4-2-3-5-7(6)12-8(15)9-13-14-10(11)16-9/h6-7H,2-5H2,1H3,(H,12,15). The monoisotopic (exact) mass is 259 g/mol. The topological polar surface area (TPSA) is 54.9 Å². The zero-order chi connectivity index (χ0) is 11.5. The summed E-state index contributed by atoms with van der Waals surface area (Å²) in [5.41, 5.74) is 0. The maximum Gasteiger partial charge on any atom is 0.282 e. The van der Waals surface area contributed by atoms with Gasteiger partial charge >= 0.3 is 0 Å². The first-order valence-electron chi connectivity index (χ1n) is 5.46. The molecule has 1 aliphatic carbocycles. The molecule has 16 heavy (non-hydrogen) atoms. The van der Waals surface area contributed by atoms with E-state index in [4.69, 9.17) is 11.6 Å². The molecule has 1 aromatic heterocycles. The Bertz CT molecular complexity index is 382. The van der Waals surface area contributed by atoms with Crippen molar-refractivity contribution in [3.05, 3.63) is 9.47 Å². The third-order valence-electron chi connectivity index (χ3n) is 3.02. The first-order valence-corrected chi connectivity index (χ1v) is 6.66. The summed E-state index contributed by atoms with van der Waals surface area (Å²) < 4.78 is 0.307. The average Bonchev–Trinajstić information content (AvgIpc) is 2.68. The molecule has 1 amide bonds. The summed E-state index contributed by atoms with van der Waals surface area (Å²) in [5.74, 6) is 0.393. The first kappa shape index (κ1) is 11.8. The molecule has 88 valence electrons. The van der Waals surface area contributed by atoms with Crippen molar-refractivity contribution in [2.75, 3.05) is 0 Å². The summed E-state index contributed by atoms with van der Waals surface area (Å²) in [7, 11) is 0. The molecule has 0 aromatic carbocycles. The Morgan fingerprint density at radius 1 is 1.44 bits per heavy atom. The van der Waals surface area contributed by atoms with E-state index in [9.17, 15) is 4.79 Å². The van der Waals surface area contributed by atoms with Crippen LogP contribution in [-0.4, -0.2) is 22.1 Å². The number of carbonyl (C=O) groups excluding carboxylic acids is 1. The largest absolute Gasteiger partial charge is 0.347 e. The van der Waals surface area contributed by atoms with Gasteiger partial charge in [0.1, 0.15) is 0 Å².